The first-order chi connectivity index (χ1) is 17.8. The van der Waals surface area contributed by atoms with Crippen molar-refractivity contribution in [1.82, 2.24) is 0 Å². The molecule has 0 fully saturated rings. The standard InChI is InChI=1S/C35H69O/c1-3-5-7-9-11-13-15-17-19-20-22-24-26-28-30-32-34-35(36)33-31-29-27-25-23-21-18-16-14-12-10-8-6-4-2/h34H,3-33H2,1-2H3. The molecule has 0 aliphatic rings. The van der Waals surface area contributed by atoms with Crippen molar-refractivity contribution in [2.75, 3.05) is 0 Å². The summed E-state index contributed by atoms with van der Waals surface area (Å²) in [6.45, 7) is 4.58. The second-order valence-corrected chi connectivity index (χ2v) is 11.8. The Labute approximate surface area is 229 Å². The van der Waals surface area contributed by atoms with Gasteiger partial charge in [0.25, 0.3) is 0 Å². The van der Waals surface area contributed by atoms with Crippen LogP contribution in [-0.4, -0.2) is 5.78 Å². The van der Waals surface area contributed by atoms with Crippen molar-refractivity contribution in [3.05, 3.63) is 6.42 Å². The average molecular weight is 506 g/mol. The monoisotopic (exact) mass is 506 g/mol. The number of carbonyl (C=O) groups is 1. The third-order valence-electron chi connectivity index (χ3n) is 7.96. The van der Waals surface area contributed by atoms with Crippen molar-refractivity contribution in [2.24, 2.45) is 0 Å². The van der Waals surface area contributed by atoms with Crippen molar-refractivity contribution < 1.29 is 4.79 Å². The Morgan fingerprint density at radius 2 is 0.611 bits per heavy atom. The number of carbonyl (C=O) groups excluding carboxylic acids is 1. The van der Waals surface area contributed by atoms with Crippen molar-refractivity contribution >= 4 is 5.78 Å². The molecule has 0 saturated heterocycles. The number of hydrogen-bond donors (Lipinski definition) is 0. The Bertz CT molecular complexity index is 401. The van der Waals surface area contributed by atoms with E-state index in [1.54, 1.807) is 0 Å². The quantitative estimate of drug-likeness (QED) is 0.0830. The minimum Gasteiger partial charge on any atom is -0.299 e. The van der Waals surface area contributed by atoms with E-state index in [4.69, 9.17) is 0 Å². The van der Waals surface area contributed by atoms with E-state index in [0.717, 1.165) is 19.3 Å². The van der Waals surface area contributed by atoms with Crippen LogP contribution in [0.1, 0.15) is 213 Å². The van der Waals surface area contributed by atoms with Crippen molar-refractivity contribution in [3.8, 4) is 0 Å². The topological polar surface area (TPSA) is 17.1 Å². The Hall–Kier alpha value is -0.330. The van der Waals surface area contributed by atoms with Gasteiger partial charge >= 0.3 is 0 Å². The number of Topliss-reactive ketones (excluding diaryl/α,β-unsaturated/α-hetero) is 1. The van der Waals surface area contributed by atoms with E-state index in [-0.39, 0.29) is 0 Å². The number of unbranched alkanes of at least 4 members (excludes halogenated alkanes) is 28. The molecule has 0 amide bonds. The predicted octanol–water partition coefficient (Wildman–Crippen LogP) is 12.9. The fourth-order valence-corrected chi connectivity index (χ4v) is 5.37. The Morgan fingerprint density at radius 3 is 0.917 bits per heavy atom. The Kier molecular flexibility index (Phi) is 32.4. The van der Waals surface area contributed by atoms with Crippen LogP contribution in [0.2, 0.25) is 0 Å². The zero-order valence-electron chi connectivity index (χ0n) is 25.4. The Morgan fingerprint density at radius 1 is 0.361 bits per heavy atom. The summed E-state index contributed by atoms with van der Waals surface area (Å²) >= 11 is 0. The molecule has 0 atom stereocenters. The summed E-state index contributed by atoms with van der Waals surface area (Å²) in [6, 6.07) is 0. The molecule has 0 aliphatic carbocycles. The normalized spacial score (nSPS) is 11.4. The molecule has 215 valence electrons. The van der Waals surface area contributed by atoms with Gasteiger partial charge in [-0.3, -0.25) is 4.79 Å². The number of hydrogen-bond acceptors (Lipinski definition) is 1. The zero-order chi connectivity index (χ0) is 26.2. The van der Waals surface area contributed by atoms with Gasteiger partial charge in [-0.25, -0.2) is 0 Å². The average Bonchev–Trinajstić information content (AvgIpc) is 2.88. The van der Waals surface area contributed by atoms with Crippen LogP contribution in [0.15, 0.2) is 0 Å². The van der Waals surface area contributed by atoms with Gasteiger partial charge < -0.3 is 0 Å². The van der Waals surface area contributed by atoms with Gasteiger partial charge in [-0.15, -0.1) is 0 Å². The van der Waals surface area contributed by atoms with E-state index in [0.29, 0.717) is 5.78 Å². The van der Waals surface area contributed by atoms with Crippen LogP contribution in [0.25, 0.3) is 0 Å². The smallest absolute Gasteiger partial charge is 0.136 e. The molecule has 0 aromatic rings. The van der Waals surface area contributed by atoms with E-state index >= 15 is 0 Å². The predicted molar refractivity (Wildman–Crippen MR) is 164 cm³/mol. The van der Waals surface area contributed by atoms with Gasteiger partial charge in [-0.2, -0.15) is 0 Å². The third-order valence-corrected chi connectivity index (χ3v) is 7.96. The summed E-state index contributed by atoms with van der Waals surface area (Å²) in [6.07, 6.45) is 44.1. The SMILES string of the molecule is CCCCCCCCCCCCCCCCC[CH]C(=O)CCCCCCCCCCCCCCCC. The highest BCUT2D eigenvalue weighted by atomic mass is 16.1. The lowest BCUT2D eigenvalue weighted by atomic mass is 10.0. The molecular weight excluding hydrogens is 436 g/mol. The lowest BCUT2D eigenvalue weighted by Gasteiger charge is -2.04. The van der Waals surface area contributed by atoms with Gasteiger partial charge in [0, 0.05) is 12.8 Å². The second-order valence-electron chi connectivity index (χ2n) is 11.8. The summed E-state index contributed by atoms with van der Waals surface area (Å²) in [5.74, 6) is 0.402. The highest BCUT2D eigenvalue weighted by Gasteiger charge is 2.03. The molecule has 1 radical (unpaired) electrons. The maximum absolute atomic E-state index is 12.1. The van der Waals surface area contributed by atoms with Crippen molar-refractivity contribution in [2.45, 2.75) is 213 Å². The van der Waals surface area contributed by atoms with Gasteiger partial charge in [0.2, 0.25) is 0 Å². The first-order valence-electron chi connectivity index (χ1n) is 17.2. The fourth-order valence-electron chi connectivity index (χ4n) is 5.37. The van der Waals surface area contributed by atoms with E-state index in [1.807, 2.05) is 6.42 Å². The summed E-state index contributed by atoms with van der Waals surface area (Å²) in [5.41, 5.74) is 0. The van der Waals surface area contributed by atoms with Crippen LogP contribution < -0.4 is 0 Å². The van der Waals surface area contributed by atoms with Crippen LogP contribution in [0.5, 0.6) is 0 Å². The lowest BCUT2D eigenvalue weighted by Crippen LogP contribution is -1.98. The highest BCUT2D eigenvalue weighted by molar-refractivity contribution is 5.86. The first-order valence-corrected chi connectivity index (χ1v) is 17.2. The van der Waals surface area contributed by atoms with E-state index in [9.17, 15) is 4.79 Å². The van der Waals surface area contributed by atoms with Crippen LogP contribution in [-0.2, 0) is 4.79 Å². The molecule has 0 rings (SSSR count). The van der Waals surface area contributed by atoms with E-state index < -0.39 is 0 Å². The van der Waals surface area contributed by atoms with Crippen molar-refractivity contribution in [3.63, 3.8) is 0 Å². The van der Waals surface area contributed by atoms with E-state index in [2.05, 4.69) is 13.8 Å². The number of ketones is 1. The molecule has 0 aromatic heterocycles. The largest absolute Gasteiger partial charge is 0.299 e. The molecule has 0 aliphatic heterocycles. The maximum Gasteiger partial charge on any atom is 0.136 e. The third kappa shape index (κ3) is 31.7. The van der Waals surface area contributed by atoms with Gasteiger partial charge in [0.1, 0.15) is 5.78 Å². The minimum absolute atomic E-state index is 0.402. The van der Waals surface area contributed by atoms with Gasteiger partial charge in [-0.1, -0.05) is 194 Å². The Balaban J connectivity index is 3.14. The minimum atomic E-state index is 0.402. The molecule has 0 aromatic carbocycles. The lowest BCUT2D eigenvalue weighted by molar-refractivity contribution is -0.116. The van der Waals surface area contributed by atoms with Crippen LogP contribution in [0.3, 0.4) is 0 Å². The van der Waals surface area contributed by atoms with Gasteiger partial charge in [0.15, 0.2) is 0 Å². The summed E-state index contributed by atoms with van der Waals surface area (Å²) < 4.78 is 0. The fraction of sp³-hybridized carbons (Fsp3) is 0.943. The van der Waals surface area contributed by atoms with Gasteiger partial charge in [0.05, 0.1) is 0 Å². The van der Waals surface area contributed by atoms with Crippen LogP contribution in [0, 0.1) is 6.42 Å². The molecule has 0 saturated carbocycles. The molecule has 0 heterocycles. The maximum atomic E-state index is 12.1. The molecular formula is C35H69O. The second kappa shape index (κ2) is 32.7. The molecule has 1 nitrogen and oxygen atoms in total. The molecule has 0 spiro atoms. The summed E-state index contributed by atoms with van der Waals surface area (Å²) in [4.78, 5) is 12.1. The summed E-state index contributed by atoms with van der Waals surface area (Å²) in [5, 5.41) is 0. The summed E-state index contributed by atoms with van der Waals surface area (Å²) in [7, 11) is 0. The van der Waals surface area contributed by atoms with Crippen LogP contribution >= 0.6 is 0 Å². The zero-order valence-corrected chi connectivity index (χ0v) is 25.4. The van der Waals surface area contributed by atoms with Gasteiger partial charge in [-0.05, 0) is 12.8 Å². The molecule has 1 heteroatoms. The van der Waals surface area contributed by atoms with Crippen LogP contribution in [0.4, 0.5) is 0 Å². The van der Waals surface area contributed by atoms with E-state index in [1.165, 1.54) is 180 Å². The highest BCUT2D eigenvalue weighted by Crippen LogP contribution is 2.16. The molecule has 0 unspecified atom stereocenters. The molecule has 0 bridgehead atoms. The molecule has 36 heavy (non-hydrogen) atoms. The molecule has 0 N–H and O–H groups in total. The van der Waals surface area contributed by atoms with Crippen molar-refractivity contribution in [1.29, 1.82) is 0 Å². The first kappa shape index (κ1) is 35.7. The number of rotatable bonds is 32.